The van der Waals surface area contributed by atoms with Gasteiger partial charge < -0.3 is 5.32 Å². The predicted molar refractivity (Wildman–Crippen MR) is 143 cm³/mol. The van der Waals surface area contributed by atoms with E-state index in [0.29, 0.717) is 27.0 Å². The Balaban J connectivity index is 1.59. The molecule has 0 bridgehead atoms. The van der Waals surface area contributed by atoms with Gasteiger partial charge in [0, 0.05) is 25.8 Å². The molecule has 1 unspecified atom stereocenters. The number of benzene rings is 3. The Kier molecular flexibility index (Phi) is 7.71. The largest absolute Gasteiger partial charge is 0.326 e. The first-order chi connectivity index (χ1) is 16.7. The summed E-state index contributed by atoms with van der Waals surface area (Å²) in [4.78, 5) is 40.5. The molecule has 4 rings (SSSR count). The molecule has 1 saturated heterocycles. The lowest BCUT2D eigenvalue weighted by Crippen LogP contribution is -2.49. The van der Waals surface area contributed by atoms with E-state index in [0.717, 1.165) is 4.47 Å². The Morgan fingerprint density at radius 3 is 2.23 bits per heavy atom. The van der Waals surface area contributed by atoms with Crippen LogP contribution in [0.1, 0.15) is 16.8 Å². The zero-order chi connectivity index (χ0) is 25.1. The number of rotatable bonds is 6. The van der Waals surface area contributed by atoms with Gasteiger partial charge in [-0.3, -0.25) is 24.7 Å². The Bertz CT molecular complexity index is 1290. The van der Waals surface area contributed by atoms with E-state index in [1.807, 2.05) is 0 Å². The third-order valence-electron chi connectivity index (χ3n) is 5.08. The number of amides is 3. The van der Waals surface area contributed by atoms with Crippen molar-refractivity contribution >= 4 is 85.6 Å². The maximum absolute atomic E-state index is 13.4. The number of carbonyl (C=O) groups is 3. The highest BCUT2D eigenvalue weighted by Gasteiger charge is 2.45. The van der Waals surface area contributed by atoms with Gasteiger partial charge in [0.2, 0.25) is 11.0 Å². The van der Waals surface area contributed by atoms with Crippen LogP contribution in [0.15, 0.2) is 77.3 Å². The lowest BCUT2D eigenvalue weighted by Gasteiger charge is -2.24. The van der Waals surface area contributed by atoms with Crippen molar-refractivity contribution in [2.45, 2.75) is 12.5 Å². The van der Waals surface area contributed by atoms with E-state index in [9.17, 15) is 14.4 Å². The highest BCUT2D eigenvalue weighted by atomic mass is 79.9. The predicted octanol–water partition coefficient (Wildman–Crippen LogP) is 5.43. The van der Waals surface area contributed by atoms with Crippen molar-refractivity contribution < 1.29 is 14.4 Å². The van der Waals surface area contributed by atoms with Crippen LogP contribution in [-0.4, -0.2) is 33.9 Å². The van der Waals surface area contributed by atoms with Crippen LogP contribution in [0, 0.1) is 0 Å². The summed E-state index contributed by atoms with van der Waals surface area (Å²) < 4.78 is 0.812. The zero-order valence-electron chi connectivity index (χ0n) is 17.9. The Morgan fingerprint density at radius 2 is 1.60 bits per heavy atom. The fraction of sp³-hybridized carbons (Fsp3) is 0.0833. The van der Waals surface area contributed by atoms with E-state index in [4.69, 9.17) is 35.4 Å². The van der Waals surface area contributed by atoms with Crippen LogP contribution < -0.4 is 15.6 Å². The number of hydrogen-bond acceptors (Lipinski definition) is 4. The van der Waals surface area contributed by atoms with E-state index >= 15 is 0 Å². The van der Waals surface area contributed by atoms with Gasteiger partial charge in [0.25, 0.3) is 11.8 Å². The molecule has 1 fully saturated rings. The second kappa shape index (κ2) is 10.7. The average molecular weight is 592 g/mol. The highest BCUT2D eigenvalue weighted by molar-refractivity contribution is 9.10. The molecule has 3 aromatic rings. The van der Waals surface area contributed by atoms with E-state index in [1.54, 1.807) is 54.6 Å². The summed E-state index contributed by atoms with van der Waals surface area (Å²) in [6, 6.07) is 19.0. The molecular formula is C24H17BrCl2N4O3S. The molecule has 1 aliphatic heterocycles. The van der Waals surface area contributed by atoms with Gasteiger partial charge in [-0.1, -0.05) is 57.3 Å². The number of anilines is 2. The summed E-state index contributed by atoms with van der Waals surface area (Å²) in [6.07, 6.45) is -0.285. The van der Waals surface area contributed by atoms with E-state index in [2.05, 4.69) is 26.7 Å². The zero-order valence-corrected chi connectivity index (χ0v) is 21.8. The number of para-hydroxylation sites is 1. The fourth-order valence-electron chi connectivity index (χ4n) is 3.50. The molecule has 7 nitrogen and oxygen atoms in total. The van der Waals surface area contributed by atoms with Crippen molar-refractivity contribution in [2.75, 3.05) is 10.2 Å². The molecule has 2 N–H and O–H groups in total. The van der Waals surface area contributed by atoms with E-state index in [1.165, 1.54) is 28.1 Å². The van der Waals surface area contributed by atoms with Crippen molar-refractivity contribution in [1.82, 2.24) is 10.4 Å². The monoisotopic (exact) mass is 590 g/mol. The summed E-state index contributed by atoms with van der Waals surface area (Å²) >= 11 is 20.9. The van der Waals surface area contributed by atoms with Gasteiger partial charge in [-0.05, 0) is 66.8 Å². The van der Waals surface area contributed by atoms with Gasteiger partial charge in [0.05, 0.1) is 12.1 Å². The second-order valence-electron chi connectivity index (χ2n) is 7.54. The van der Waals surface area contributed by atoms with Crippen molar-refractivity contribution in [2.24, 2.45) is 0 Å². The molecule has 1 aliphatic rings. The molecule has 35 heavy (non-hydrogen) atoms. The quantitative estimate of drug-likeness (QED) is 0.374. The third-order valence-corrected chi connectivity index (χ3v) is 6.43. The molecule has 0 aliphatic carbocycles. The molecule has 0 spiro atoms. The lowest BCUT2D eigenvalue weighted by molar-refractivity contribution is -0.124. The maximum Gasteiger partial charge on any atom is 0.269 e. The standard InChI is InChI=1S/C24H17BrCl2N4O3S/c25-15-8-6-14(7-9-15)22(33)29-31-20(13-21(32)28-18-11-16(26)10-17(27)12-18)23(34)30(24(31)35)19-4-2-1-3-5-19/h1-12,20H,13H2,(H,28,32)(H,29,33). The Labute approximate surface area is 225 Å². The minimum atomic E-state index is -1.07. The normalized spacial score (nSPS) is 15.3. The summed E-state index contributed by atoms with van der Waals surface area (Å²) in [6.45, 7) is 0. The van der Waals surface area contributed by atoms with Crippen molar-refractivity contribution in [1.29, 1.82) is 0 Å². The molecule has 178 valence electrons. The second-order valence-corrected chi connectivity index (χ2v) is 9.69. The van der Waals surface area contributed by atoms with Crippen LogP contribution in [0.5, 0.6) is 0 Å². The van der Waals surface area contributed by atoms with Gasteiger partial charge >= 0.3 is 0 Å². The number of nitrogens with zero attached hydrogens (tertiary/aromatic N) is 2. The summed E-state index contributed by atoms with van der Waals surface area (Å²) in [5.41, 5.74) is 3.95. The molecule has 3 amide bonds. The number of nitrogens with one attached hydrogen (secondary N) is 2. The van der Waals surface area contributed by atoms with Crippen LogP contribution in [0.2, 0.25) is 10.0 Å². The van der Waals surface area contributed by atoms with Gasteiger partial charge in [-0.15, -0.1) is 0 Å². The highest BCUT2D eigenvalue weighted by Crippen LogP contribution is 2.27. The Hall–Kier alpha value is -2.98. The number of hydrogen-bond donors (Lipinski definition) is 2. The number of thiocarbonyl (C=S) groups is 1. The maximum atomic E-state index is 13.4. The summed E-state index contributed by atoms with van der Waals surface area (Å²) in [5, 5.41) is 4.69. The van der Waals surface area contributed by atoms with Crippen LogP contribution in [0.25, 0.3) is 0 Å². The molecule has 1 heterocycles. The van der Waals surface area contributed by atoms with Crippen molar-refractivity contribution in [3.63, 3.8) is 0 Å². The van der Waals surface area contributed by atoms with E-state index < -0.39 is 23.8 Å². The molecular weight excluding hydrogens is 575 g/mol. The Morgan fingerprint density at radius 1 is 0.971 bits per heavy atom. The number of halogens is 3. The van der Waals surface area contributed by atoms with Crippen LogP contribution >= 0.6 is 51.3 Å². The minimum Gasteiger partial charge on any atom is -0.326 e. The molecule has 0 saturated carbocycles. The number of carbonyl (C=O) groups excluding carboxylic acids is 3. The molecule has 11 heteroatoms. The molecule has 3 aromatic carbocycles. The number of hydrazine groups is 1. The van der Waals surface area contributed by atoms with E-state index in [-0.39, 0.29) is 11.5 Å². The summed E-state index contributed by atoms with van der Waals surface area (Å²) in [5.74, 6) is -1.41. The third kappa shape index (κ3) is 5.82. The fourth-order valence-corrected chi connectivity index (χ4v) is 4.66. The topological polar surface area (TPSA) is 81.8 Å². The van der Waals surface area contributed by atoms with Crippen molar-refractivity contribution in [3.05, 3.63) is 92.9 Å². The van der Waals surface area contributed by atoms with Crippen LogP contribution in [0.3, 0.4) is 0 Å². The van der Waals surface area contributed by atoms with Gasteiger partial charge in [-0.25, -0.2) is 5.01 Å². The summed E-state index contributed by atoms with van der Waals surface area (Å²) in [7, 11) is 0. The van der Waals surface area contributed by atoms with Crippen LogP contribution in [-0.2, 0) is 9.59 Å². The first-order valence-corrected chi connectivity index (χ1v) is 12.2. The van der Waals surface area contributed by atoms with Gasteiger partial charge in [-0.2, -0.15) is 0 Å². The lowest BCUT2D eigenvalue weighted by atomic mass is 10.1. The van der Waals surface area contributed by atoms with Crippen molar-refractivity contribution in [3.8, 4) is 0 Å². The minimum absolute atomic E-state index is 0.0512. The average Bonchev–Trinajstić information content (AvgIpc) is 3.03. The van der Waals surface area contributed by atoms with Crippen LogP contribution in [0.4, 0.5) is 11.4 Å². The molecule has 1 atom stereocenters. The first kappa shape index (κ1) is 25.1. The SMILES string of the molecule is O=C(CC1C(=O)N(c2ccccc2)C(=S)N1NC(=O)c1ccc(Br)cc1)Nc1cc(Cl)cc(Cl)c1. The smallest absolute Gasteiger partial charge is 0.269 e. The molecule has 0 aromatic heterocycles. The molecule has 0 radical (unpaired) electrons. The van der Waals surface area contributed by atoms with Gasteiger partial charge in [0.15, 0.2) is 0 Å². The van der Waals surface area contributed by atoms with Gasteiger partial charge in [0.1, 0.15) is 6.04 Å². The first-order valence-electron chi connectivity index (χ1n) is 10.3.